The van der Waals surface area contributed by atoms with Crippen molar-refractivity contribution in [3.05, 3.63) is 30.3 Å². The smallest absolute Gasteiger partial charge is 0.438 e. The summed E-state index contributed by atoms with van der Waals surface area (Å²) in [4.78, 5) is 12.4. The number of carbonyl (C=O) groups is 1. The maximum atomic E-state index is 12.3. The van der Waals surface area contributed by atoms with Crippen LogP contribution in [0.25, 0.3) is 0 Å². The number of hydrogen-bond donors (Lipinski definition) is 0. The predicted octanol–water partition coefficient (Wildman–Crippen LogP) is 6.65. The van der Waals surface area contributed by atoms with Crippen LogP contribution >= 0.6 is 0 Å². The van der Waals surface area contributed by atoms with E-state index in [2.05, 4.69) is 11.7 Å². The standard InChI is InChI=1S/C23H38O4S/c1-3-4-5-6-7-8-9-10-12-16-21(27-23(24)26-2)17-15-20-28(25)22-18-13-11-14-19-22/h11,13-14,18-19,21H,3-10,12,15-17,20H2,1-2H3. The lowest BCUT2D eigenvalue weighted by molar-refractivity contribution is 0.0295. The molecule has 2 atom stereocenters. The molecule has 1 aromatic carbocycles. The Morgan fingerprint density at radius 3 is 2.07 bits per heavy atom. The second-order valence-corrected chi connectivity index (χ2v) is 8.89. The molecule has 0 fully saturated rings. The second kappa shape index (κ2) is 16.6. The molecular weight excluding hydrogens is 372 g/mol. The van der Waals surface area contributed by atoms with Crippen LogP contribution in [0, 0.1) is 0 Å². The lowest BCUT2D eigenvalue weighted by Crippen LogP contribution is -2.19. The van der Waals surface area contributed by atoms with E-state index in [0.29, 0.717) is 5.75 Å². The van der Waals surface area contributed by atoms with Crippen LogP contribution in [0.1, 0.15) is 84.0 Å². The summed E-state index contributed by atoms with van der Waals surface area (Å²) >= 11 is 0. The molecule has 0 heterocycles. The first-order valence-electron chi connectivity index (χ1n) is 10.9. The molecule has 0 N–H and O–H groups in total. The minimum atomic E-state index is -1.000. The highest BCUT2D eigenvalue weighted by Gasteiger charge is 2.15. The molecule has 0 amide bonds. The molecule has 0 aliphatic carbocycles. The molecule has 0 aliphatic rings. The Morgan fingerprint density at radius 1 is 0.893 bits per heavy atom. The first-order chi connectivity index (χ1) is 13.7. The van der Waals surface area contributed by atoms with Gasteiger partial charge in [0.05, 0.1) is 17.9 Å². The predicted molar refractivity (Wildman–Crippen MR) is 116 cm³/mol. The molecule has 0 aromatic heterocycles. The molecule has 0 bridgehead atoms. The van der Waals surface area contributed by atoms with Gasteiger partial charge in [-0.1, -0.05) is 76.5 Å². The molecule has 5 heteroatoms. The highest BCUT2D eigenvalue weighted by molar-refractivity contribution is 7.85. The quantitative estimate of drug-likeness (QED) is 0.226. The van der Waals surface area contributed by atoms with Crippen LogP contribution in [-0.4, -0.2) is 29.3 Å². The Morgan fingerprint density at radius 2 is 1.46 bits per heavy atom. The third-order valence-electron chi connectivity index (χ3n) is 4.92. The van der Waals surface area contributed by atoms with Gasteiger partial charge in [0.2, 0.25) is 0 Å². The van der Waals surface area contributed by atoms with Gasteiger partial charge in [0.25, 0.3) is 0 Å². The largest absolute Gasteiger partial charge is 0.508 e. The van der Waals surface area contributed by atoms with Crippen molar-refractivity contribution < 1.29 is 18.5 Å². The van der Waals surface area contributed by atoms with Crippen LogP contribution in [0.5, 0.6) is 0 Å². The molecule has 0 radical (unpaired) electrons. The van der Waals surface area contributed by atoms with Gasteiger partial charge in [-0.05, 0) is 37.8 Å². The van der Waals surface area contributed by atoms with Crippen molar-refractivity contribution in [2.45, 2.75) is 95.0 Å². The maximum Gasteiger partial charge on any atom is 0.508 e. The molecular formula is C23H38O4S. The Kier molecular flexibility index (Phi) is 14.6. The van der Waals surface area contributed by atoms with Crippen molar-refractivity contribution >= 4 is 17.0 Å². The molecule has 2 unspecified atom stereocenters. The minimum Gasteiger partial charge on any atom is -0.438 e. The number of carbonyl (C=O) groups excluding carboxylic acids is 1. The van der Waals surface area contributed by atoms with Crippen LogP contribution in [0.4, 0.5) is 4.79 Å². The van der Waals surface area contributed by atoms with E-state index in [4.69, 9.17) is 4.74 Å². The van der Waals surface area contributed by atoms with Gasteiger partial charge < -0.3 is 9.47 Å². The van der Waals surface area contributed by atoms with Gasteiger partial charge in [0.15, 0.2) is 0 Å². The molecule has 0 spiro atoms. The van der Waals surface area contributed by atoms with E-state index < -0.39 is 17.0 Å². The zero-order valence-corrected chi connectivity index (χ0v) is 18.5. The van der Waals surface area contributed by atoms with Crippen molar-refractivity contribution in [2.24, 2.45) is 0 Å². The molecule has 0 saturated carbocycles. The fourth-order valence-corrected chi connectivity index (χ4v) is 4.39. The van der Waals surface area contributed by atoms with Gasteiger partial charge in [-0.15, -0.1) is 0 Å². The SMILES string of the molecule is CCCCCCCCCCCC(CCCS(=O)c1ccccc1)OC(=O)OC. The van der Waals surface area contributed by atoms with Gasteiger partial charge in [-0.25, -0.2) is 4.79 Å². The van der Waals surface area contributed by atoms with E-state index in [1.807, 2.05) is 30.3 Å². The van der Waals surface area contributed by atoms with Crippen molar-refractivity contribution in [1.82, 2.24) is 0 Å². The maximum absolute atomic E-state index is 12.3. The van der Waals surface area contributed by atoms with E-state index in [-0.39, 0.29) is 6.10 Å². The van der Waals surface area contributed by atoms with Crippen molar-refractivity contribution in [1.29, 1.82) is 0 Å². The van der Waals surface area contributed by atoms with Crippen LogP contribution in [0.15, 0.2) is 35.2 Å². The molecule has 4 nitrogen and oxygen atoms in total. The minimum absolute atomic E-state index is 0.148. The third-order valence-corrected chi connectivity index (χ3v) is 6.38. The van der Waals surface area contributed by atoms with Gasteiger partial charge in [0.1, 0.15) is 6.10 Å². The Hall–Kier alpha value is -1.36. The van der Waals surface area contributed by atoms with Gasteiger partial charge in [0, 0.05) is 10.6 Å². The summed E-state index contributed by atoms with van der Waals surface area (Å²) in [7, 11) is 0.336. The van der Waals surface area contributed by atoms with E-state index in [0.717, 1.165) is 30.6 Å². The monoisotopic (exact) mass is 410 g/mol. The average Bonchev–Trinajstić information content (AvgIpc) is 2.72. The molecule has 160 valence electrons. The number of benzene rings is 1. The van der Waals surface area contributed by atoms with Crippen LogP contribution in [0.2, 0.25) is 0 Å². The summed E-state index contributed by atoms with van der Waals surface area (Å²) in [6, 6.07) is 9.51. The van der Waals surface area contributed by atoms with Crippen molar-refractivity contribution in [3.8, 4) is 0 Å². The van der Waals surface area contributed by atoms with Gasteiger partial charge >= 0.3 is 6.16 Å². The first-order valence-corrected chi connectivity index (χ1v) is 12.2. The van der Waals surface area contributed by atoms with E-state index >= 15 is 0 Å². The van der Waals surface area contributed by atoms with Gasteiger partial charge in [-0.3, -0.25) is 4.21 Å². The summed E-state index contributed by atoms with van der Waals surface area (Å²) in [5.41, 5.74) is 0. The fourth-order valence-electron chi connectivity index (χ4n) is 3.26. The lowest BCUT2D eigenvalue weighted by Gasteiger charge is -2.17. The molecule has 0 aliphatic heterocycles. The molecule has 0 saturated heterocycles. The molecule has 1 aromatic rings. The normalized spacial score (nSPS) is 13.1. The summed E-state index contributed by atoms with van der Waals surface area (Å²) < 4.78 is 22.4. The number of ether oxygens (including phenoxy) is 2. The lowest BCUT2D eigenvalue weighted by atomic mass is 10.0. The van der Waals surface area contributed by atoms with E-state index in [1.165, 1.54) is 58.5 Å². The number of unbranched alkanes of at least 4 members (excludes halogenated alkanes) is 8. The van der Waals surface area contributed by atoms with E-state index in [1.54, 1.807) is 0 Å². The van der Waals surface area contributed by atoms with Crippen molar-refractivity contribution in [3.63, 3.8) is 0 Å². The summed E-state index contributed by atoms with van der Waals surface area (Å²) in [5, 5.41) is 0. The zero-order valence-electron chi connectivity index (χ0n) is 17.7. The summed E-state index contributed by atoms with van der Waals surface area (Å²) in [5.74, 6) is 0.586. The number of hydrogen-bond acceptors (Lipinski definition) is 4. The van der Waals surface area contributed by atoms with Crippen molar-refractivity contribution in [2.75, 3.05) is 12.9 Å². The fraction of sp³-hybridized carbons (Fsp3) is 0.696. The molecule has 1 rings (SSSR count). The third kappa shape index (κ3) is 12.2. The number of rotatable bonds is 16. The Labute approximate surface area is 173 Å². The number of methoxy groups -OCH3 is 1. The highest BCUT2D eigenvalue weighted by Crippen LogP contribution is 2.17. The Balaban J connectivity index is 2.22. The summed E-state index contributed by atoms with van der Waals surface area (Å²) in [6.45, 7) is 2.24. The van der Waals surface area contributed by atoms with Crippen LogP contribution in [0.3, 0.4) is 0 Å². The van der Waals surface area contributed by atoms with Crippen LogP contribution < -0.4 is 0 Å². The first kappa shape index (κ1) is 24.7. The van der Waals surface area contributed by atoms with Crippen LogP contribution in [-0.2, 0) is 20.3 Å². The van der Waals surface area contributed by atoms with E-state index in [9.17, 15) is 9.00 Å². The highest BCUT2D eigenvalue weighted by atomic mass is 32.2. The average molecular weight is 411 g/mol. The Bertz CT molecular complexity index is 533. The topological polar surface area (TPSA) is 52.6 Å². The zero-order chi connectivity index (χ0) is 20.5. The van der Waals surface area contributed by atoms with Gasteiger partial charge in [-0.2, -0.15) is 0 Å². The second-order valence-electron chi connectivity index (χ2n) is 7.32. The summed E-state index contributed by atoms with van der Waals surface area (Å²) in [6.07, 6.45) is 13.0. The molecule has 28 heavy (non-hydrogen) atoms.